The van der Waals surface area contributed by atoms with Crippen LogP contribution in [-0.4, -0.2) is 23.1 Å². The van der Waals surface area contributed by atoms with Gasteiger partial charge in [-0.15, -0.1) is 0 Å². The highest BCUT2D eigenvalue weighted by atomic mass is 35.5. The van der Waals surface area contributed by atoms with Crippen LogP contribution in [-0.2, 0) is 6.54 Å². The Hall–Kier alpha value is -1.62. The van der Waals surface area contributed by atoms with Crippen LogP contribution in [0.3, 0.4) is 0 Å². The molecule has 1 fully saturated rings. The molecule has 2 N–H and O–H groups in total. The van der Waals surface area contributed by atoms with E-state index < -0.39 is 0 Å². The normalized spacial score (nSPS) is 15.0. The van der Waals surface area contributed by atoms with Gasteiger partial charge in [0.1, 0.15) is 0 Å². The van der Waals surface area contributed by atoms with Crippen molar-refractivity contribution in [1.29, 1.82) is 0 Å². The number of halogens is 1. The summed E-state index contributed by atoms with van der Waals surface area (Å²) in [6.45, 7) is 3.47. The van der Waals surface area contributed by atoms with Crippen molar-refractivity contribution in [3.63, 3.8) is 0 Å². The second kappa shape index (κ2) is 8.47. The van der Waals surface area contributed by atoms with Gasteiger partial charge in [-0.25, -0.2) is 0 Å². The van der Waals surface area contributed by atoms with Gasteiger partial charge in [-0.1, -0.05) is 36.2 Å². The lowest BCUT2D eigenvalue weighted by atomic mass is 10.1. The van der Waals surface area contributed by atoms with Crippen molar-refractivity contribution in [1.82, 2.24) is 4.90 Å². The summed E-state index contributed by atoms with van der Waals surface area (Å²) >= 11 is 11.3. The summed E-state index contributed by atoms with van der Waals surface area (Å²) in [5.41, 5.74) is 3.20. The molecule has 0 bridgehead atoms. The van der Waals surface area contributed by atoms with Crippen LogP contribution in [0.1, 0.15) is 24.8 Å². The lowest BCUT2D eigenvalue weighted by molar-refractivity contribution is 0.221. The summed E-state index contributed by atoms with van der Waals surface area (Å²) in [7, 11) is 0. The van der Waals surface area contributed by atoms with Crippen molar-refractivity contribution in [2.75, 3.05) is 23.7 Å². The third kappa shape index (κ3) is 5.20. The predicted molar refractivity (Wildman–Crippen MR) is 107 cm³/mol. The Morgan fingerprint density at radius 3 is 2.38 bits per heavy atom. The van der Waals surface area contributed by atoms with Crippen molar-refractivity contribution in [2.45, 2.75) is 25.8 Å². The number of hydrogen-bond acceptors (Lipinski definition) is 2. The fourth-order valence-corrected chi connectivity index (χ4v) is 3.35. The largest absolute Gasteiger partial charge is 0.332 e. The third-order valence-electron chi connectivity index (χ3n) is 4.15. The first kappa shape index (κ1) is 17.2. The van der Waals surface area contributed by atoms with Gasteiger partial charge in [-0.05, 0) is 74.0 Å². The number of benzene rings is 2. The molecule has 0 saturated carbocycles. The second-order valence-electron chi connectivity index (χ2n) is 6.12. The monoisotopic (exact) mass is 359 g/mol. The van der Waals surface area contributed by atoms with Gasteiger partial charge >= 0.3 is 0 Å². The molecule has 0 atom stereocenters. The van der Waals surface area contributed by atoms with Gasteiger partial charge in [0.2, 0.25) is 0 Å². The highest BCUT2D eigenvalue weighted by molar-refractivity contribution is 7.80. The molecule has 5 heteroatoms. The quantitative estimate of drug-likeness (QED) is 0.739. The Kier molecular flexibility index (Phi) is 6.07. The van der Waals surface area contributed by atoms with E-state index in [-0.39, 0.29) is 0 Å². The van der Waals surface area contributed by atoms with E-state index in [1.807, 2.05) is 24.3 Å². The molecule has 24 heavy (non-hydrogen) atoms. The van der Waals surface area contributed by atoms with Gasteiger partial charge in [0.05, 0.1) is 0 Å². The van der Waals surface area contributed by atoms with E-state index >= 15 is 0 Å². The van der Waals surface area contributed by atoms with Gasteiger partial charge in [0.15, 0.2) is 5.11 Å². The standard InChI is InChI=1S/C19H22ClN3S/c20-16-5-4-6-18(13-16)22-19(24)21-17-9-7-15(8-10-17)14-23-11-2-1-3-12-23/h4-10,13H,1-3,11-12,14H2,(H2,21,22,24). The molecule has 0 spiro atoms. The number of rotatable bonds is 4. The van der Waals surface area contributed by atoms with Crippen molar-refractivity contribution < 1.29 is 0 Å². The van der Waals surface area contributed by atoms with Crippen LogP contribution in [0.2, 0.25) is 5.02 Å². The summed E-state index contributed by atoms with van der Waals surface area (Å²) < 4.78 is 0. The van der Waals surface area contributed by atoms with Gasteiger partial charge in [-0.2, -0.15) is 0 Å². The molecular weight excluding hydrogens is 338 g/mol. The Morgan fingerprint density at radius 2 is 1.67 bits per heavy atom. The van der Waals surface area contributed by atoms with E-state index in [0.29, 0.717) is 10.1 Å². The Balaban J connectivity index is 1.52. The van der Waals surface area contributed by atoms with E-state index in [0.717, 1.165) is 17.9 Å². The number of piperidine rings is 1. The highest BCUT2D eigenvalue weighted by Crippen LogP contribution is 2.17. The van der Waals surface area contributed by atoms with Crippen molar-refractivity contribution in [2.24, 2.45) is 0 Å². The summed E-state index contributed by atoms with van der Waals surface area (Å²) in [5, 5.41) is 7.59. The summed E-state index contributed by atoms with van der Waals surface area (Å²) in [6.07, 6.45) is 4.02. The van der Waals surface area contributed by atoms with Crippen LogP contribution in [0, 0.1) is 0 Å². The molecule has 1 heterocycles. The maximum Gasteiger partial charge on any atom is 0.175 e. The SMILES string of the molecule is S=C(Nc1ccc(CN2CCCCC2)cc1)Nc1cccc(Cl)c1. The Morgan fingerprint density at radius 1 is 0.958 bits per heavy atom. The maximum absolute atomic E-state index is 5.98. The number of anilines is 2. The van der Waals surface area contributed by atoms with Gasteiger partial charge in [-0.3, -0.25) is 4.90 Å². The fraction of sp³-hybridized carbons (Fsp3) is 0.316. The molecule has 0 amide bonds. The minimum Gasteiger partial charge on any atom is -0.332 e. The van der Waals surface area contributed by atoms with Crippen LogP contribution in [0.4, 0.5) is 11.4 Å². The maximum atomic E-state index is 5.98. The van der Waals surface area contributed by atoms with Gasteiger partial charge in [0.25, 0.3) is 0 Å². The zero-order valence-electron chi connectivity index (χ0n) is 13.6. The van der Waals surface area contributed by atoms with E-state index in [4.69, 9.17) is 23.8 Å². The van der Waals surface area contributed by atoms with Crippen LogP contribution in [0.5, 0.6) is 0 Å². The molecule has 0 aliphatic carbocycles. The average Bonchev–Trinajstić information content (AvgIpc) is 2.57. The van der Waals surface area contributed by atoms with Crippen molar-refractivity contribution in [3.8, 4) is 0 Å². The minimum atomic E-state index is 0.557. The molecule has 2 aromatic carbocycles. The molecule has 126 valence electrons. The molecule has 1 saturated heterocycles. The van der Waals surface area contributed by atoms with Crippen LogP contribution in [0.15, 0.2) is 48.5 Å². The predicted octanol–water partition coefficient (Wildman–Crippen LogP) is 5.13. The summed E-state index contributed by atoms with van der Waals surface area (Å²) in [4.78, 5) is 2.53. The molecule has 1 aliphatic heterocycles. The highest BCUT2D eigenvalue weighted by Gasteiger charge is 2.10. The molecular formula is C19H22ClN3S. The number of nitrogens with zero attached hydrogens (tertiary/aromatic N) is 1. The van der Waals surface area contributed by atoms with E-state index in [1.54, 1.807) is 0 Å². The van der Waals surface area contributed by atoms with Crippen LogP contribution < -0.4 is 10.6 Å². The zero-order chi connectivity index (χ0) is 16.8. The Bertz CT molecular complexity index is 681. The molecule has 0 radical (unpaired) electrons. The smallest absolute Gasteiger partial charge is 0.175 e. The van der Waals surface area contributed by atoms with E-state index in [9.17, 15) is 0 Å². The lowest BCUT2D eigenvalue weighted by Crippen LogP contribution is -2.29. The van der Waals surface area contributed by atoms with Gasteiger partial charge < -0.3 is 10.6 Å². The van der Waals surface area contributed by atoms with Crippen LogP contribution in [0.25, 0.3) is 0 Å². The average molecular weight is 360 g/mol. The first-order valence-corrected chi connectivity index (χ1v) is 9.12. The first-order valence-electron chi connectivity index (χ1n) is 8.34. The molecule has 0 unspecified atom stereocenters. The topological polar surface area (TPSA) is 27.3 Å². The van der Waals surface area contributed by atoms with Gasteiger partial charge in [0, 0.05) is 22.9 Å². The first-order chi connectivity index (χ1) is 11.7. The summed E-state index contributed by atoms with van der Waals surface area (Å²) in [5.74, 6) is 0. The summed E-state index contributed by atoms with van der Waals surface area (Å²) in [6, 6.07) is 16.0. The second-order valence-corrected chi connectivity index (χ2v) is 6.97. The molecule has 3 nitrogen and oxygen atoms in total. The van der Waals surface area contributed by atoms with Crippen LogP contribution >= 0.6 is 23.8 Å². The van der Waals surface area contributed by atoms with Crippen molar-refractivity contribution >= 4 is 40.3 Å². The molecule has 0 aromatic heterocycles. The number of likely N-dealkylation sites (tertiary alicyclic amines) is 1. The Labute approximate surface area is 154 Å². The lowest BCUT2D eigenvalue weighted by Gasteiger charge is -2.26. The molecule has 1 aliphatic rings. The number of nitrogens with one attached hydrogen (secondary N) is 2. The zero-order valence-corrected chi connectivity index (χ0v) is 15.2. The van der Waals surface area contributed by atoms with E-state index in [2.05, 4.69) is 39.8 Å². The molecule has 2 aromatic rings. The van der Waals surface area contributed by atoms with Crippen molar-refractivity contribution in [3.05, 3.63) is 59.1 Å². The third-order valence-corrected chi connectivity index (χ3v) is 4.59. The number of hydrogen-bond donors (Lipinski definition) is 2. The minimum absolute atomic E-state index is 0.557. The molecule has 3 rings (SSSR count). The number of thiocarbonyl (C=S) groups is 1. The van der Waals surface area contributed by atoms with E-state index in [1.165, 1.54) is 37.9 Å². The fourth-order valence-electron chi connectivity index (χ4n) is 2.93.